The van der Waals surface area contributed by atoms with Crippen molar-refractivity contribution < 1.29 is 14.3 Å². The molecule has 0 spiro atoms. The van der Waals surface area contributed by atoms with Gasteiger partial charge >= 0.3 is 11.7 Å². The van der Waals surface area contributed by atoms with Gasteiger partial charge in [0.25, 0.3) is 5.56 Å². The van der Waals surface area contributed by atoms with Crippen LogP contribution in [0.2, 0.25) is 0 Å². The topological polar surface area (TPSA) is 139 Å². The van der Waals surface area contributed by atoms with Crippen molar-refractivity contribution in [2.24, 2.45) is 5.73 Å². The van der Waals surface area contributed by atoms with Crippen LogP contribution in [0.25, 0.3) is 0 Å². The third-order valence-corrected chi connectivity index (χ3v) is 3.81. The molecule has 0 radical (unpaired) electrons. The highest BCUT2D eigenvalue weighted by Gasteiger charge is 2.44. The van der Waals surface area contributed by atoms with Crippen molar-refractivity contribution in [1.82, 2.24) is 15.3 Å². The Morgan fingerprint density at radius 2 is 2.24 bits per heavy atom. The van der Waals surface area contributed by atoms with Gasteiger partial charge in [0.2, 0.25) is 0 Å². The van der Waals surface area contributed by atoms with Crippen molar-refractivity contribution in [2.45, 2.75) is 37.2 Å². The van der Waals surface area contributed by atoms with E-state index in [4.69, 9.17) is 15.2 Å². The second-order valence-electron chi connectivity index (χ2n) is 5.17. The van der Waals surface area contributed by atoms with Crippen molar-refractivity contribution in [2.75, 3.05) is 6.61 Å². The number of hydrogen-bond acceptors (Lipinski definition) is 5. The second kappa shape index (κ2) is 5.34. The number of aromatic amines is 2. The van der Waals surface area contributed by atoms with Gasteiger partial charge in [0, 0.05) is 19.2 Å². The lowest BCUT2D eigenvalue weighted by Crippen LogP contribution is -2.52. The van der Waals surface area contributed by atoms with E-state index in [0.717, 1.165) is 0 Å². The normalized spacial score (nSPS) is 31.6. The van der Waals surface area contributed by atoms with Crippen LogP contribution in [0.15, 0.2) is 15.8 Å². The highest BCUT2D eigenvalue weighted by molar-refractivity contribution is 5.72. The number of nitrogens with one attached hydrogen (secondary N) is 3. The number of ether oxygens (including phenoxy) is 2. The molecule has 0 aliphatic carbocycles. The van der Waals surface area contributed by atoms with Gasteiger partial charge in [-0.25, -0.2) is 9.59 Å². The van der Waals surface area contributed by atoms with Crippen LogP contribution in [0.5, 0.6) is 0 Å². The first-order valence-corrected chi connectivity index (χ1v) is 6.69. The summed E-state index contributed by atoms with van der Waals surface area (Å²) in [5.74, 6) is 0. The highest BCUT2D eigenvalue weighted by Crippen LogP contribution is 2.37. The largest absolute Gasteiger partial charge is 0.375 e. The first-order chi connectivity index (χ1) is 10.0. The first kappa shape index (κ1) is 13.8. The van der Waals surface area contributed by atoms with Gasteiger partial charge in [0.15, 0.2) is 0 Å². The molecule has 3 rings (SSSR count). The molecule has 1 aromatic rings. The van der Waals surface area contributed by atoms with Gasteiger partial charge in [-0.1, -0.05) is 0 Å². The average Bonchev–Trinajstić information content (AvgIpc) is 2.82. The summed E-state index contributed by atoms with van der Waals surface area (Å²) < 4.78 is 11.5. The maximum atomic E-state index is 11.8. The molecule has 2 aliphatic heterocycles. The first-order valence-electron chi connectivity index (χ1n) is 6.69. The predicted molar refractivity (Wildman–Crippen MR) is 70.8 cm³/mol. The Labute approximate surface area is 118 Å². The number of fused-ring (bicyclic) bond motifs is 1. The van der Waals surface area contributed by atoms with E-state index in [2.05, 4.69) is 15.3 Å². The number of carbonyl (C=O) groups excluding carboxylic acids is 1. The summed E-state index contributed by atoms with van der Waals surface area (Å²) in [5, 5.41) is 2.64. The Hall–Kier alpha value is -2.13. The smallest absolute Gasteiger partial charge is 0.325 e. The van der Waals surface area contributed by atoms with E-state index in [1.54, 1.807) is 0 Å². The summed E-state index contributed by atoms with van der Waals surface area (Å²) in [6.45, 7) is 0.490. The molecule has 2 saturated heterocycles. The maximum absolute atomic E-state index is 11.8. The molecule has 5 N–H and O–H groups in total. The van der Waals surface area contributed by atoms with Crippen LogP contribution in [-0.4, -0.2) is 40.9 Å². The Kier molecular flexibility index (Phi) is 3.52. The molecule has 1 aromatic heterocycles. The van der Waals surface area contributed by atoms with Crippen molar-refractivity contribution in [3.8, 4) is 0 Å². The standard InChI is InChI=1S/C12H16N4O5/c13-11(18)15-6-1-2-20-8-3-7(21-9(6)8)5-4-14-12(19)16-10(5)17/h4,6-9H,1-3H2,(H3,13,15,18)(H2,14,16,17,19). The Morgan fingerprint density at radius 3 is 2.95 bits per heavy atom. The van der Waals surface area contributed by atoms with E-state index in [1.165, 1.54) is 6.20 Å². The lowest BCUT2D eigenvalue weighted by molar-refractivity contribution is -0.0742. The third kappa shape index (κ3) is 2.69. The SMILES string of the molecule is NC(=O)NC1CCOC2CC(c3c[nH]c(=O)[nH]c3=O)OC12. The molecule has 2 fully saturated rings. The van der Waals surface area contributed by atoms with Gasteiger partial charge in [-0.05, 0) is 6.42 Å². The van der Waals surface area contributed by atoms with Gasteiger partial charge in [-0.2, -0.15) is 0 Å². The van der Waals surface area contributed by atoms with Gasteiger partial charge in [-0.15, -0.1) is 0 Å². The van der Waals surface area contributed by atoms with E-state index in [-0.39, 0.29) is 18.2 Å². The number of rotatable bonds is 2. The minimum absolute atomic E-state index is 0.216. The van der Waals surface area contributed by atoms with Gasteiger partial charge in [0.1, 0.15) is 6.10 Å². The van der Waals surface area contributed by atoms with Crippen LogP contribution >= 0.6 is 0 Å². The summed E-state index contributed by atoms with van der Waals surface area (Å²) in [6.07, 6.45) is 1.36. The average molecular weight is 296 g/mol. The number of primary amides is 1. The third-order valence-electron chi connectivity index (χ3n) is 3.81. The molecule has 114 valence electrons. The number of carbonyl (C=O) groups is 1. The van der Waals surface area contributed by atoms with E-state index in [1.807, 2.05) is 0 Å². The Bertz CT molecular complexity index is 654. The zero-order valence-electron chi connectivity index (χ0n) is 11.1. The lowest BCUT2D eigenvalue weighted by Gasteiger charge is -2.32. The van der Waals surface area contributed by atoms with Gasteiger partial charge in [-0.3, -0.25) is 9.78 Å². The van der Waals surface area contributed by atoms with E-state index >= 15 is 0 Å². The molecule has 4 unspecified atom stereocenters. The van der Waals surface area contributed by atoms with Crippen LogP contribution in [0, 0.1) is 0 Å². The van der Waals surface area contributed by atoms with Crippen molar-refractivity contribution >= 4 is 6.03 Å². The fourth-order valence-corrected chi connectivity index (χ4v) is 2.90. The Morgan fingerprint density at radius 1 is 1.43 bits per heavy atom. The summed E-state index contributed by atoms with van der Waals surface area (Å²) in [4.78, 5) is 38.5. The molecule has 0 aromatic carbocycles. The zero-order chi connectivity index (χ0) is 15.0. The van der Waals surface area contributed by atoms with E-state index in [9.17, 15) is 14.4 Å². The minimum atomic E-state index is -0.616. The van der Waals surface area contributed by atoms with Crippen LogP contribution < -0.4 is 22.3 Å². The van der Waals surface area contributed by atoms with E-state index < -0.39 is 23.4 Å². The second-order valence-corrected chi connectivity index (χ2v) is 5.17. The quantitative estimate of drug-likeness (QED) is 0.538. The molecule has 9 heteroatoms. The zero-order valence-corrected chi connectivity index (χ0v) is 11.1. The van der Waals surface area contributed by atoms with Crippen LogP contribution in [0.4, 0.5) is 4.79 Å². The summed E-state index contributed by atoms with van der Waals surface area (Å²) in [7, 11) is 0. The van der Waals surface area contributed by atoms with Crippen molar-refractivity contribution in [3.63, 3.8) is 0 Å². The van der Waals surface area contributed by atoms with Crippen molar-refractivity contribution in [1.29, 1.82) is 0 Å². The van der Waals surface area contributed by atoms with Gasteiger partial charge < -0.3 is 25.5 Å². The minimum Gasteiger partial charge on any atom is -0.375 e. The molecule has 2 amide bonds. The fourth-order valence-electron chi connectivity index (χ4n) is 2.90. The van der Waals surface area contributed by atoms with Crippen LogP contribution in [0.3, 0.4) is 0 Å². The van der Waals surface area contributed by atoms with Crippen LogP contribution in [0.1, 0.15) is 24.5 Å². The van der Waals surface area contributed by atoms with Gasteiger partial charge in [0.05, 0.1) is 23.8 Å². The molecule has 3 heterocycles. The lowest BCUT2D eigenvalue weighted by atomic mass is 9.98. The molecule has 0 saturated carbocycles. The predicted octanol–water partition coefficient (Wildman–Crippen LogP) is -1.28. The molecule has 0 bridgehead atoms. The number of aromatic nitrogens is 2. The number of nitrogens with two attached hydrogens (primary N) is 1. The number of H-pyrrole nitrogens is 2. The monoisotopic (exact) mass is 296 g/mol. The Balaban J connectivity index is 1.81. The molecule has 4 atom stereocenters. The van der Waals surface area contributed by atoms with Crippen molar-refractivity contribution in [3.05, 3.63) is 32.6 Å². The molecule has 21 heavy (non-hydrogen) atoms. The number of hydrogen-bond donors (Lipinski definition) is 4. The summed E-state index contributed by atoms with van der Waals surface area (Å²) in [5.41, 5.74) is 4.44. The maximum Gasteiger partial charge on any atom is 0.325 e. The molecule has 2 aliphatic rings. The van der Waals surface area contributed by atoms with E-state index in [0.29, 0.717) is 25.0 Å². The number of urea groups is 1. The molecular weight excluding hydrogens is 280 g/mol. The highest BCUT2D eigenvalue weighted by atomic mass is 16.6. The fraction of sp³-hybridized carbons (Fsp3) is 0.583. The molecular formula is C12H16N4O5. The number of amides is 2. The summed E-state index contributed by atoms with van der Waals surface area (Å²) in [6, 6.07) is -0.859. The van der Waals surface area contributed by atoms with Crippen LogP contribution in [-0.2, 0) is 9.47 Å². The summed E-state index contributed by atoms with van der Waals surface area (Å²) >= 11 is 0. The molecule has 9 nitrogen and oxygen atoms in total.